The molecule has 0 aliphatic carbocycles. The lowest BCUT2D eigenvalue weighted by Gasteiger charge is -2.15. The van der Waals surface area contributed by atoms with Gasteiger partial charge in [-0.3, -0.25) is 4.52 Å². The van der Waals surface area contributed by atoms with E-state index >= 15 is 0 Å². The Labute approximate surface area is 190 Å². The van der Waals surface area contributed by atoms with Gasteiger partial charge in [-0.25, -0.2) is 9.13 Å². The average Bonchev–Trinajstić information content (AvgIpc) is 2.73. The van der Waals surface area contributed by atoms with Gasteiger partial charge in [0.1, 0.15) is 6.10 Å². The van der Waals surface area contributed by atoms with E-state index in [9.17, 15) is 14.4 Å². The molecular formula is C25H45NO4P+. The zero-order valence-corrected chi connectivity index (χ0v) is 20.4. The van der Waals surface area contributed by atoms with Crippen LogP contribution in [0.15, 0.2) is 42.7 Å². The molecule has 31 heavy (non-hydrogen) atoms. The number of allylic oxidation sites excluding steroid dienone is 2. The van der Waals surface area contributed by atoms with Gasteiger partial charge >= 0.3 is 7.82 Å². The highest BCUT2D eigenvalue weighted by Crippen LogP contribution is 2.38. The summed E-state index contributed by atoms with van der Waals surface area (Å²) in [6.45, 7) is 2.71. The highest BCUT2D eigenvalue weighted by molar-refractivity contribution is 7.46. The van der Waals surface area contributed by atoms with E-state index in [-0.39, 0.29) is 0 Å². The number of aromatic nitrogens is 1. The van der Waals surface area contributed by atoms with Crippen molar-refractivity contribution in [3.05, 3.63) is 42.7 Å². The van der Waals surface area contributed by atoms with Crippen molar-refractivity contribution in [1.29, 1.82) is 0 Å². The van der Waals surface area contributed by atoms with Gasteiger partial charge < -0.3 is 9.79 Å². The molecule has 0 amide bonds. The predicted molar refractivity (Wildman–Crippen MR) is 128 cm³/mol. The second kappa shape index (κ2) is 18.6. The number of phosphoric acid groups is 1. The van der Waals surface area contributed by atoms with Crippen LogP contribution in [-0.2, 0) is 15.6 Å². The van der Waals surface area contributed by atoms with Crippen LogP contribution < -0.4 is 4.57 Å². The molecule has 0 fully saturated rings. The fraction of sp³-hybridized carbons (Fsp3) is 0.720. The van der Waals surface area contributed by atoms with E-state index in [4.69, 9.17) is 4.52 Å². The summed E-state index contributed by atoms with van der Waals surface area (Å²) in [5, 5.41) is 0. The first kappa shape index (κ1) is 28.0. The topological polar surface area (TPSA) is 70.6 Å². The predicted octanol–water partition coefficient (Wildman–Crippen LogP) is 6.88. The molecule has 0 aliphatic heterocycles. The fourth-order valence-electron chi connectivity index (χ4n) is 3.78. The highest BCUT2D eigenvalue weighted by atomic mass is 31.2. The van der Waals surface area contributed by atoms with Crippen LogP contribution in [0, 0.1) is 0 Å². The van der Waals surface area contributed by atoms with E-state index in [1.54, 1.807) is 0 Å². The zero-order chi connectivity index (χ0) is 22.6. The lowest BCUT2D eigenvalue weighted by molar-refractivity contribution is -0.703. The van der Waals surface area contributed by atoms with Crippen LogP contribution in [0.2, 0.25) is 0 Å². The summed E-state index contributed by atoms with van der Waals surface area (Å²) in [5.74, 6) is 0. The number of unbranched alkanes of at least 4 members (excludes halogenated alkanes) is 12. The van der Waals surface area contributed by atoms with Gasteiger partial charge in [-0.2, -0.15) is 0 Å². The minimum Gasteiger partial charge on any atom is -0.303 e. The molecule has 0 aliphatic rings. The normalized spacial score (nSPS) is 13.1. The molecule has 1 aromatic rings. The van der Waals surface area contributed by atoms with Gasteiger partial charge in [-0.1, -0.05) is 89.4 Å². The first-order chi connectivity index (χ1) is 15.0. The Bertz CT molecular complexity index is 603. The van der Waals surface area contributed by atoms with E-state index < -0.39 is 13.9 Å². The second-order valence-corrected chi connectivity index (χ2v) is 9.71. The van der Waals surface area contributed by atoms with Gasteiger partial charge in [0.15, 0.2) is 18.9 Å². The summed E-state index contributed by atoms with van der Waals surface area (Å²) in [4.78, 5) is 18.4. The van der Waals surface area contributed by atoms with Crippen molar-refractivity contribution in [2.24, 2.45) is 0 Å². The molecule has 0 saturated carbocycles. The smallest absolute Gasteiger partial charge is 0.303 e. The molecule has 1 aromatic heterocycles. The summed E-state index contributed by atoms with van der Waals surface area (Å²) in [6.07, 6.45) is 26.2. The molecular weight excluding hydrogens is 409 g/mol. The zero-order valence-electron chi connectivity index (χ0n) is 19.5. The van der Waals surface area contributed by atoms with E-state index in [2.05, 4.69) is 19.1 Å². The van der Waals surface area contributed by atoms with Gasteiger partial charge in [0.25, 0.3) is 0 Å². The summed E-state index contributed by atoms with van der Waals surface area (Å²) < 4.78 is 18.2. The maximum atomic E-state index is 11.3. The van der Waals surface area contributed by atoms with Crippen molar-refractivity contribution >= 4 is 7.82 Å². The molecule has 0 bridgehead atoms. The number of phosphoric ester groups is 1. The average molecular weight is 455 g/mol. The largest absolute Gasteiger partial charge is 0.470 e. The van der Waals surface area contributed by atoms with Crippen molar-refractivity contribution in [1.82, 2.24) is 0 Å². The maximum absolute atomic E-state index is 11.3. The van der Waals surface area contributed by atoms with Crippen molar-refractivity contribution in [2.45, 2.75) is 116 Å². The Hall–Kier alpha value is -1.00. The molecule has 1 rings (SSSR count). The van der Waals surface area contributed by atoms with Crippen LogP contribution in [0.1, 0.15) is 103 Å². The number of rotatable bonds is 20. The Morgan fingerprint density at radius 1 is 0.806 bits per heavy atom. The van der Waals surface area contributed by atoms with E-state index in [0.717, 1.165) is 12.8 Å². The second-order valence-electron chi connectivity index (χ2n) is 8.52. The van der Waals surface area contributed by atoms with Gasteiger partial charge in [-0.05, 0) is 32.1 Å². The van der Waals surface area contributed by atoms with Gasteiger partial charge in [-0.15, -0.1) is 0 Å². The number of nitrogens with zero attached hydrogens (tertiary/aromatic N) is 1. The Morgan fingerprint density at radius 2 is 1.32 bits per heavy atom. The Morgan fingerprint density at radius 3 is 1.87 bits per heavy atom. The number of hydrogen-bond acceptors (Lipinski definition) is 2. The van der Waals surface area contributed by atoms with Crippen molar-refractivity contribution in [3.63, 3.8) is 0 Å². The van der Waals surface area contributed by atoms with Crippen LogP contribution >= 0.6 is 7.82 Å². The molecule has 0 aromatic carbocycles. The fourth-order valence-corrected chi connectivity index (χ4v) is 4.34. The summed E-state index contributed by atoms with van der Waals surface area (Å²) >= 11 is 0. The quantitative estimate of drug-likeness (QED) is 0.0975. The third-order valence-corrected chi connectivity index (χ3v) is 6.09. The number of pyridine rings is 1. The molecule has 0 saturated heterocycles. The standard InChI is InChI=1S/C25H44NO4P/c1-2-3-4-5-6-7-8-9-10-11-12-13-14-15-16-18-21-25(30-31(27,28)29)24-26-22-19-17-20-23-26/h9-10,17,19-20,22-23,25H,2-8,11-16,18,21,24H2,1H3,(H-,27,28,29)/p+1. The minimum atomic E-state index is -4.47. The summed E-state index contributed by atoms with van der Waals surface area (Å²) in [5.41, 5.74) is 0. The van der Waals surface area contributed by atoms with Crippen LogP contribution in [0.5, 0.6) is 0 Å². The van der Waals surface area contributed by atoms with Crippen LogP contribution in [0.25, 0.3) is 0 Å². The van der Waals surface area contributed by atoms with Crippen LogP contribution in [0.3, 0.4) is 0 Å². The number of hydrogen-bond donors (Lipinski definition) is 2. The molecule has 178 valence electrons. The SMILES string of the molecule is CCCCCCCCC=CCCCCCCCCC(C[n+]1ccccc1)OP(=O)(O)O. The summed E-state index contributed by atoms with van der Waals surface area (Å²) in [7, 11) is -4.47. The third kappa shape index (κ3) is 18.3. The van der Waals surface area contributed by atoms with Crippen molar-refractivity contribution in [3.8, 4) is 0 Å². The third-order valence-electron chi connectivity index (χ3n) is 5.52. The van der Waals surface area contributed by atoms with Crippen molar-refractivity contribution in [2.75, 3.05) is 0 Å². The van der Waals surface area contributed by atoms with Crippen molar-refractivity contribution < 1.29 is 23.4 Å². The lowest BCUT2D eigenvalue weighted by atomic mass is 10.1. The lowest BCUT2D eigenvalue weighted by Crippen LogP contribution is -2.39. The van der Waals surface area contributed by atoms with Gasteiger partial charge in [0, 0.05) is 12.1 Å². The Balaban J connectivity index is 2.02. The molecule has 5 nitrogen and oxygen atoms in total. The Kier molecular flexibility index (Phi) is 16.8. The molecule has 1 atom stereocenters. The molecule has 2 N–H and O–H groups in total. The summed E-state index contributed by atoms with van der Waals surface area (Å²) in [6, 6.07) is 5.72. The van der Waals surface area contributed by atoms with Gasteiger partial charge in [0.2, 0.25) is 0 Å². The van der Waals surface area contributed by atoms with Crippen LogP contribution in [-0.4, -0.2) is 15.9 Å². The van der Waals surface area contributed by atoms with E-state index in [1.807, 2.05) is 35.2 Å². The monoisotopic (exact) mass is 454 g/mol. The first-order valence-electron chi connectivity index (χ1n) is 12.3. The molecule has 0 radical (unpaired) electrons. The first-order valence-corrected chi connectivity index (χ1v) is 13.9. The molecule has 0 spiro atoms. The maximum Gasteiger partial charge on any atom is 0.470 e. The van der Waals surface area contributed by atoms with Gasteiger partial charge in [0.05, 0.1) is 0 Å². The van der Waals surface area contributed by atoms with Crippen LogP contribution in [0.4, 0.5) is 0 Å². The molecule has 6 heteroatoms. The van der Waals surface area contributed by atoms with E-state index in [1.165, 1.54) is 77.0 Å². The highest BCUT2D eigenvalue weighted by Gasteiger charge is 2.24. The molecule has 1 heterocycles. The van der Waals surface area contributed by atoms with E-state index in [0.29, 0.717) is 13.0 Å². The molecule has 1 unspecified atom stereocenters. The minimum absolute atomic E-state index is 0.455.